The molecule has 0 amide bonds. The van der Waals surface area contributed by atoms with Crippen LogP contribution in [0.25, 0.3) is 0 Å². The Hall–Kier alpha value is -1.82. The summed E-state index contributed by atoms with van der Waals surface area (Å²) in [5.41, 5.74) is 2.94. The molecule has 2 aliphatic carbocycles. The summed E-state index contributed by atoms with van der Waals surface area (Å²) in [7, 11) is 7.56. The predicted molar refractivity (Wildman–Crippen MR) is 203 cm³/mol. The van der Waals surface area contributed by atoms with Crippen molar-refractivity contribution in [2.45, 2.75) is 25.9 Å². The maximum absolute atomic E-state index is 2.31. The van der Waals surface area contributed by atoms with Crippen LogP contribution in [0.4, 0.5) is 0 Å². The van der Waals surface area contributed by atoms with Gasteiger partial charge in [0.15, 0.2) is 0 Å². The van der Waals surface area contributed by atoms with Crippen LogP contribution in [-0.4, -0.2) is 50.1 Å². The van der Waals surface area contributed by atoms with Gasteiger partial charge in [-0.05, 0) is 118 Å². The molecule has 2 aliphatic rings. The Morgan fingerprint density at radius 2 is 0.660 bits per heavy atom. The molecule has 5 heteroatoms. The first-order valence-electron chi connectivity index (χ1n) is 16.0. The van der Waals surface area contributed by atoms with E-state index in [2.05, 4.69) is 212 Å². The molecule has 4 aromatic rings. The zero-order chi connectivity index (χ0) is 32.5. The summed E-state index contributed by atoms with van der Waals surface area (Å²) in [6, 6.07) is 44.4. The van der Waals surface area contributed by atoms with E-state index in [-0.39, 0.29) is 17.1 Å². The van der Waals surface area contributed by atoms with Gasteiger partial charge in [0.25, 0.3) is 0 Å². The van der Waals surface area contributed by atoms with Gasteiger partial charge in [-0.15, -0.1) is 0 Å². The Kier molecular flexibility index (Phi) is 15.2. The Morgan fingerprint density at radius 1 is 0.404 bits per heavy atom. The summed E-state index contributed by atoms with van der Waals surface area (Å²) in [6.45, 7) is 4.56. The van der Waals surface area contributed by atoms with Crippen LogP contribution in [0.1, 0.15) is 13.8 Å². The summed E-state index contributed by atoms with van der Waals surface area (Å²) in [5.74, 6) is 2.88. The minimum absolute atomic E-state index is 0. The molecule has 2 fully saturated rings. The second-order valence-electron chi connectivity index (χ2n) is 12.0. The predicted octanol–water partition coefficient (Wildman–Crippen LogP) is 7.60. The van der Waals surface area contributed by atoms with Crippen LogP contribution in [0.2, 0.25) is 0 Å². The van der Waals surface area contributed by atoms with Gasteiger partial charge in [0.05, 0.1) is 0 Å². The first-order chi connectivity index (χ1) is 22.4. The average Bonchev–Trinajstić information content (AvgIpc) is 3.77. The van der Waals surface area contributed by atoms with E-state index < -0.39 is 15.8 Å². The first kappa shape index (κ1) is 38.0. The molecule has 4 aromatic carbocycles. The quantitative estimate of drug-likeness (QED) is 0.125. The molecule has 2 atom stereocenters. The van der Waals surface area contributed by atoms with Crippen molar-refractivity contribution < 1.29 is 17.1 Å². The Labute approximate surface area is 299 Å². The van der Waals surface area contributed by atoms with Gasteiger partial charge in [0.2, 0.25) is 0 Å². The molecule has 0 N–H and O–H groups in total. The summed E-state index contributed by atoms with van der Waals surface area (Å²) in [4.78, 5) is 4.56. The SMILES string of the molecule is C[C@H]([C]1[CH][CH][CH][C]1P(c1ccccc1)c1ccccc1)N(C)C.C[C@H]([C]1[CH][CH][CH][C]1P(c1ccccc1)c1ccccc1)N(C)C.[Fe+2]. The number of rotatable bonds is 10. The van der Waals surface area contributed by atoms with Crippen LogP contribution in [0.3, 0.4) is 0 Å². The van der Waals surface area contributed by atoms with Crippen LogP contribution in [0.5, 0.6) is 0 Å². The van der Waals surface area contributed by atoms with E-state index in [1.807, 2.05) is 0 Å². The van der Waals surface area contributed by atoms with E-state index in [1.54, 1.807) is 0 Å². The molecule has 0 bridgehead atoms. The van der Waals surface area contributed by atoms with Crippen molar-refractivity contribution in [3.8, 4) is 0 Å². The second kappa shape index (κ2) is 18.8. The summed E-state index contributed by atoms with van der Waals surface area (Å²) < 4.78 is 0. The van der Waals surface area contributed by atoms with E-state index >= 15 is 0 Å². The number of hydrogen-bond donors (Lipinski definition) is 0. The Bertz CT molecular complexity index is 1230. The van der Waals surface area contributed by atoms with Gasteiger partial charge >= 0.3 is 17.1 Å². The summed E-state index contributed by atoms with van der Waals surface area (Å²) in [5, 5.41) is 5.64. The maximum Gasteiger partial charge on any atom is 2.00 e. The molecule has 0 heterocycles. The number of hydrogen-bond acceptors (Lipinski definition) is 2. The molecule has 6 rings (SSSR count). The first-order valence-corrected chi connectivity index (χ1v) is 18.7. The van der Waals surface area contributed by atoms with Gasteiger partial charge < -0.3 is 9.80 Å². The molecule has 0 unspecified atom stereocenters. The van der Waals surface area contributed by atoms with E-state index in [9.17, 15) is 0 Å². The third-order valence-electron chi connectivity index (χ3n) is 8.64. The largest absolute Gasteiger partial charge is 2.00 e. The van der Waals surface area contributed by atoms with Crippen molar-refractivity contribution in [1.29, 1.82) is 0 Å². The van der Waals surface area contributed by atoms with Crippen molar-refractivity contribution in [3.05, 3.63) is 183 Å². The smallest absolute Gasteiger partial charge is 0.306 e. The second-order valence-corrected chi connectivity index (χ2v) is 16.4. The third kappa shape index (κ3) is 9.67. The molecule has 10 radical (unpaired) electrons. The molecule has 0 saturated heterocycles. The van der Waals surface area contributed by atoms with Gasteiger partial charge in [0.1, 0.15) is 0 Å². The third-order valence-corrected chi connectivity index (χ3v) is 13.7. The van der Waals surface area contributed by atoms with Crippen LogP contribution in [0, 0.1) is 61.7 Å². The van der Waals surface area contributed by atoms with Crippen molar-refractivity contribution in [2.24, 2.45) is 0 Å². The van der Waals surface area contributed by atoms with Gasteiger partial charge in [-0.1, -0.05) is 121 Å². The van der Waals surface area contributed by atoms with Gasteiger partial charge in [0, 0.05) is 35.2 Å². The molecule has 240 valence electrons. The summed E-state index contributed by atoms with van der Waals surface area (Å²) >= 11 is 0. The normalized spacial score (nSPS) is 17.6. The van der Waals surface area contributed by atoms with Crippen LogP contribution in [-0.2, 0) is 17.1 Å². The molecule has 0 aromatic heterocycles. The van der Waals surface area contributed by atoms with E-state index in [4.69, 9.17) is 0 Å². The minimum Gasteiger partial charge on any atom is -0.306 e. The Balaban J connectivity index is 0.000000208. The van der Waals surface area contributed by atoms with E-state index in [1.165, 1.54) is 44.4 Å². The standard InChI is InChI=1S/2C21H23NP.Fe/c2*1-17(22(2)3)20-15-10-16-21(20)23(18-11-6-4-7-12-18)19-13-8-5-9-14-19;/h2*4-17H,1-3H3;/q;;+2/t2*17-;/m11./s1. The van der Waals surface area contributed by atoms with Crippen molar-refractivity contribution in [3.63, 3.8) is 0 Å². The van der Waals surface area contributed by atoms with Crippen LogP contribution in [0.15, 0.2) is 121 Å². The maximum atomic E-state index is 2.31. The average molecular weight is 697 g/mol. The topological polar surface area (TPSA) is 6.48 Å². The number of nitrogens with zero attached hydrogens (tertiary/aromatic N) is 2. The molecular weight excluding hydrogens is 650 g/mol. The van der Waals surface area contributed by atoms with Crippen LogP contribution >= 0.6 is 15.8 Å². The molecule has 2 saturated carbocycles. The molecular formula is C42H46FeN2P2+2. The van der Waals surface area contributed by atoms with Crippen molar-refractivity contribution in [2.75, 3.05) is 28.2 Å². The van der Waals surface area contributed by atoms with Crippen LogP contribution < -0.4 is 21.2 Å². The monoisotopic (exact) mass is 696 g/mol. The zero-order valence-electron chi connectivity index (χ0n) is 28.3. The molecule has 47 heavy (non-hydrogen) atoms. The van der Waals surface area contributed by atoms with Gasteiger partial charge in [-0.3, -0.25) is 0 Å². The van der Waals surface area contributed by atoms with Gasteiger partial charge in [-0.25, -0.2) is 0 Å². The Morgan fingerprint density at radius 3 is 0.894 bits per heavy atom. The fourth-order valence-corrected chi connectivity index (χ4v) is 10.8. The fraction of sp³-hybridized carbons (Fsp3) is 0.190. The zero-order valence-corrected chi connectivity index (χ0v) is 31.2. The number of benzene rings is 4. The fourth-order valence-electron chi connectivity index (χ4n) is 5.68. The molecule has 0 spiro atoms. The van der Waals surface area contributed by atoms with Gasteiger partial charge in [-0.2, -0.15) is 0 Å². The summed E-state index contributed by atoms with van der Waals surface area (Å²) in [6.07, 6.45) is 13.6. The minimum atomic E-state index is -0.514. The molecule has 2 nitrogen and oxygen atoms in total. The molecule has 0 aliphatic heterocycles. The van der Waals surface area contributed by atoms with E-state index in [0.29, 0.717) is 12.1 Å². The van der Waals surface area contributed by atoms with Crippen molar-refractivity contribution in [1.82, 2.24) is 9.80 Å². The van der Waals surface area contributed by atoms with Crippen molar-refractivity contribution >= 4 is 37.1 Å². The van der Waals surface area contributed by atoms with E-state index in [0.717, 1.165) is 0 Å².